The number of anilines is 2. The molecule has 1 N–H and O–H groups in total. The minimum atomic E-state index is -0.607. The van der Waals surface area contributed by atoms with E-state index in [1.54, 1.807) is 36.6 Å². The molecule has 1 amide bonds. The van der Waals surface area contributed by atoms with Crippen LogP contribution in [0, 0.1) is 11.3 Å². The highest BCUT2D eigenvalue weighted by atomic mass is 35.5. The number of rotatable bonds is 7. The lowest BCUT2D eigenvalue weighted by atomic mass is 10.0. The minimum Gasteiger partial charge on any atom is -0.462 e. The predicted molar refractivity (Wildman–Crippen MR) is 134 cm³/mol. The van der Waals surface area contributed by atoms with Crippen LogP contribution >= 0.6 is 22.9 Å². The monoisotopic (exact) mass is 479 g/mol. The van der Waals surface area contributed by atoms with Gasteiger partial charge in [-0.05, 0) is 48.4 Å². The molecule has 8 heteroatoms. The summed E-state index contributed by atoms with van der Waals surface area (Å²) in [7, 11) is 3.86. The Morgan fingerprint density at radius 3 is 2.39 bits per heavy atom. The number of benzene rings is 2. The number of hydrogen-bond acceptors (Lipinski definition) is 6. The highest BCUT2D eigenvalue weighted by molar-refractivity contribution is 7.15. The van der Waals surface area contributed by atoms with E-state index in [0.29, 0.717) is 21.2 Å². The molecule has 1 aromatic heterocycles. The van der Waals surface area contributed by atoms with E-state index < -0.39 is 11.9 Å². The van der Waals surface area contributed by atoms with Crippen molar-refractivity contribution in [1.29, 1.82) is 5.26 Å². The van der Waals surface area contributed by atoms with E-state index in [1.807, 2.05) is 49.3 Å². The summed E-state index contributed by atoms with van der Waals surface area (Å²) < 4.78 is 5.21. The summed E-state index contributed by atoms with van der Waals surface area (Å²) >= 11 is 7.17. The lowest BCUT2D eigenvalue weighted by Gasteiger charge is -2.12. The van der Waals surface area contributed by atoms with E-state index in [1.165, 1.54) is 17.4 Å². The smallest absolute Gasteiger partial charge is 0.341 e. The summed E-state index contributed by atoms with van der Waals surface area (Å²) in [5.74, 6) is -1.16. The molecule has 0 unspecified atom stereocenters. The lowest BCUT2D eigenvalue weighted by molar-refractivity contribution is -0.112. The fourth-order valence-corrected chi connectivity index (χ4v) is 4.13. The number of ether oxygens (including phenoxy) is 1. The fraction of sp³-hybridized carbons (Fsp3) is 0.160. The third-order valence-corrected chi connectivity index (χ3v) is 5.89. The topological polar surface area (TPSA) is 82.4 Å². The highest BCUT2D eigenvalue weighted by Gasteiger charge is 2.23. The van der Waals surface area contributed by atoms with Crippen LogP contribution in [0.25, 0.3) is 17.2 Å². The first-order valence-electron chi connectivity index (χ1n) is 10.1. The number of thiophene rings is 1. The molecule has 1 heterocycles. The van der Waals surface area contributed by atoms with Gasteiger partial charge in [-0.15, -0.1) is 11.3 Å². The molecule has 0 bridgehead atoms. The molecule has 33 heavy (non-hydrogen) atoms. The SMILES string of the molecule is CCOC(=O)c1c(-c2ccc(Cl)cc2)csc1NC(=O)C(C#N)=Cc1ccc(N(C)C)cc1. The molecule has 3 aromatic rings. The van der Waals surface area contributed by atoms with Crippen LogP contribution in [0.4, 0.5) is 10.7 Å². The Balaban J connectivity index is 1.92. The molecule has 0 aliphatic rings. The van der Waals surface area contributed by atoms with Gasteiger partial charge in [0.2, 0.25) is 0 Å². The maximum absolute atomic E-state index is 12.9. The quantitative estimate of drug-likeness (QED) is 0.261. The van der Waals surface area contributed by atoms with Crippen molar-refractivity contribution in [1.82, 2.24) is 0 Å². The van der Waals surface area contributed by atoms with Crippen molar-refractivity contribution in [3.05, 3.63) is 75.6 Å². The second-order valence-electron chi connectivity index (χ2n) is 7.19. The van der Waals surface area contributed by atoms with Gasteiger partial charge in [-0.2, -0.15) is 5.26 Å². The number of carbonyl (C=O) groups is 2. The van der Waals surface area contributed by atoms with Crippen molar-refractivity contribution in [3.63, 3.8) is 0 Å². The molecular weight excluding hydrogens is 458 g/mol. The van der Waals surface area contributed by atoms with E-state index in [4.69, 9.17) is 16.3 Å². The van der Waals surface area contributed by atoms with E-state index in [9.17, 15) is 14.9 Å². The summed E-state index contributed by atoms with van der Waals surface area (Å²) in [6, 6.07) is 16.4. The van der Waals surface area contributed by atoms with Crippen LogP contribution < -0.4 is 10.2 Å². The maximum Gasteiger partial charge on any atom is 0.341 e. The number of hydrogen-bond donors (Lipinski definition) is 1. The Kier molecular flexibility index (Phi) is 7.88. The number of nitrogens with one attached hydrogen (secondary N) is 1. The molecule has 0 fully saturated rings. The van der Waals surface area contributed by atoms with Crippen LogP contribution in [0.2, 0.25) is 5.02 Å². The first kappa shape index (κ1) is 24.1. The second kappa shape index (κ2) is 10.8. The van der Waals surface area contributed by atoms with Gasteiger partial charge < -0.3 is 15.0 Å². The normalized spacial score (nSPS) is 10.9. The Morgan fingerprint density at radius 2 is 1.82 bits per heavy atom. The molecule has 0 spiro atoms. The first-order valence-corrected chi connectivity index (χ1v) is 11.3. The standard InChI is InChI=1S/C25H22ClN3O3S/c1-4-32-25(31)22-21(17-7-9-19(26)10-8-17)15-33-24(22)28-23(30)18(14-27)13-16-5-11-20(12-6-16)29(2)3/h5-13,15H,4H2,1-3H3,(H,28,30). The maximum atomic E-state index is 12.9. The van der Waals surface area contributed by atoms with Crippen molar-refractivity contribution in [2.24, 2.45) is 0 Å². The van der Waals surface area contributed by atoms with Gasteiger partial charge in [0.1, 0.15) is 22.2 Å². The van der Waals surface area contributed by atoms with Gasteiger partial charge in [-0.25, -0.2) is 4.79 Å². The molecular formula is C25H22ClN3O3S. The second-order valence-corrected chi connectivity index (χ2v) is 8.51. The van der Waals surface area contributed by atoms with Crippen molar-refractivity contribution in [3.8, 4) is 17.2 Å². The molecule has 0 saturated carbocycles. The average Bonchev–Trinajstić information content (AvgIpc) is 3.21. The lowest BCUT2D eigenvalue weighted by Crippen LogP contribution is -2.16. The molecule has 168 valence electrons. The average molecular weight is 480 g/mol. The number of nitriles is 1. The number of amides is 1. The summed E-state index contributed by atoms with van der Waals surface area (Å²) in [5.41, 5.74) is 3.26. The molecule has 0 saturated heterocycles. The Labute approximate surface area is 201 Å². The Morgan fingerprint density at radius 1 is 1.15 bits per heavy atom. The van der Waals surface area contributed by atoms with Crippen LogP contribution in [0.5, 0.6) is 0 Å². The molecule has 0 aliphatic heterocycles. The predicted octanol–water partition coefficient (Wildman–Crippen LogP) is 5.86. The fourth-order valence-electron chi connectivity index (χ4n) is 3.05. The van der Waals surface area contributed by atoms with Crippen LogP contribution in [0.15, 0.2) is 59.5 Å². The molecule has 0 aliphatic carbocycles. The largest absolute Gasteiger partial charge is 0.462 e. The number of halogens is 1. The van der Waals surface area contributed by atoms with Gasteiger partial charge in [-0.1, -0.05) is 35.9 Å². The van der Waals surface area contributed by atoms with E-state index in [0.717, 1.165) is 11.3 Å². The molecule has 2 aromatic carbocycles. The minimum absolute atomic E-state index is 0.0798. The molecule has 0 radical (unpaired) electrons. The number of carbonyl (C=O) groups excluding carboxylic acids is 2. The summed E-state index contributed by atoms with van der Waals surface area (Å²) in [6.45, 7) is 1.90. The number of nitrogens with zero attached hydrogens (tertiary/aromatic N) is 2. The Hall–Kier alpha value is -3.60. The molecule has 0 atom stereocenters. The van der Waals surface area contributed by atoms with E-state index >= 15 is 0 Å². The molecule has 3 rings (SSSR count). The van der Waals surface area contributed by atoms with Crippen molar-refractivity contribution >= 4 is 51.6 Å². The van der Waals surface area contributed by atoms with Gasteiger partial charge in [0.25, 0.3) is 5.91 Å². The highest BCUT2D eigenvalue weighted by Crippen LogP contribution is 2.37. The van der Waals surface area contributed by atoms with Gasteiger partial charge in [0.15, 0.2) is 0 Å². The summed E-state index contributed by atoms with van der Waals surface area (Å²) in [5, 5.41) is 14.9. The van der Waals surface area contributed by atoms with Gasteiger partial charge in [0.05, 0.1) is 6.61 Å². The van der Waals surface area contributed by atoms with E-state index in [-0.39, 0.29) is 17.7 Å². The zero-order valence-corrected chi connectivity index (χ0v) is 20.0. The third kappa shape index (κ3) is 5.80. The van der Waals surface area contributed by atoms with Crippen LogP contribution in [-0.4, -0.2) is 32.6 Å². The van der Waals surface area contributed by atoms with Crippen LogP contribution in [0.3, 0.4) is 0 Å². The van der Waals surface area contributed by atoms with Crippen LogP contribution in [-0.2, 0) is 9.53 Å². The zero-order valence-electron chi connectivity index (χ0n) is 18.4. The summed E-state index contributed by atoms with van der Waals surface area (Å²) in [6.07, 6.45) is 1.51. The van der Waals surface area contributed by atoms with Crippen molar-refractivity contribution < 1.29 is 14.3 Å². The summed E-state index contributed by atoms with van der Waals surface area (Å²) in [4.78, 5) is 27.5. The number of esters is 1. The Bertz CT molecular complexity index is 1220. The molecule has 6 nitrogen and oxygen atoms in total. The van der Waals surface area contributed by atoms with Crippen molar-refractivity contribution in [2.45, 2.75) is 6.92 Å². The third-order valence-electron chi connectivity index (χ3n) is 4.74. The zero-order chi connectivity index (χ0) is 24.0. The van der Waals surface area contributed by atoms with Crippen LogP contribution in [0.1, 0.15) is 22.8 Å². The van der Waals surface area contributed by atoms with Gasteiger partial charge in [0, 0.05) is 35.7 Å². The van der Waals surface area contributed by atoms with Gasteiger partial charge in [-0.3, -0.25) is 4.79 Å². The van der Waals surface area contributed by atoms with Gasteiger partial charge >= 0.3 is 5.97 Å². The van der Waals surface area contributed by atoms with Crippen molar-refractivity contribution in [2.75, 3.05) is 30.9 Å². The van der Waals surface area contributed by atoms with E-state index in [2.05, 4.69) is 5.32 Å². The first-order chi connectivity index (χ1) is 15.8.